The summed E-state index contributed by atoms with van der Waals surface area (Å²) in [6, 6.07) is 23.6. The van der Waals surface area contributed by atoms with Gasteiger partial charge in [-0.2, -0.15) is 4.99 Å². The van der Waals surface area contributed by atoms with Gasteiger partial charge < -0.3 is 14.4 Å². The molecule has 0 spiro atoms. The summed E-state index contributed by atoms with van der Waals surface area (Å²) in [5, 5.41) is 0. The molecule has 176 valence electrons. The zero-order valence-corrected chi connectivity index (χ0v) is 20.1. The Morgan fingerprint density at radius 3 is 2.29 bits per heavy atom. The van der Waals surface area contributed by atoms with Crippen LogP contribution >= 0.6 is 0 Å². The Hall–Kier alpha value is -4.32. The third-order valence-electron chi connectivity index (χ3n) is 5.95. The molecule has 0 saturated carbocycles. The summed E-state index contributed by atoms with van der Waals surface area (Å²) in [4.78, 5) is 21.6. The van der Waals surface area contributed by atoms with Gasteiger partial charge in [0.25, 0.3) is 5.91 Å². The number of anilines is 1. The molecule has 0 aromatic heterocycles. The molecule has 1 amide bonds. The van der Waals surface area contributed by atoms with E-state index in [9.17, 15) is 4.79 Å². The summed E-state index contributed by atoms with van der Waals surface area (Å²) < 4.78 is 12.0. The number of aliphatic imine (C=N–C) groups is 1. The SMILES string of the molecule is CCN1C(=O)/C(=C2/C=Cc3cc(C)ccc3N2CC)OC1=Nc1ccc(Oc2ccccc2)cc1. The van der Waals surface area contributed by atoms with Crippen LogP contribution in [0.15, 0.2) is 95.3 Å². The fourth-order valence-corrected chi connectivity index (χ4v) is 4.23. The van der Waals surface area contributed by atoms with E-state index >= 15 is 0 Å². The van der Waals surface area contributed by atoms with Crippen molar-refractivity contribution in [2.24, 2.45) is 4.99 Å². The highest BCUT2D eigenvalue weighted by atomic mass is 16.5. The lowest BCUT2D eigenvalue weighted by atomic mass is 10.0. The summed E-state index contributed by atoms with van der Waals surface area (Å²) >= 11 is 0. The molecule has 1 saturated heterocycles. The van der Waals surface area contributed by atoms with Crippen molar-refractivity contribution < 1.29 is 14.3 Å². The van der Waals surface area contributed by atoms with Gasteiger partial charge in [0.1, 0.15) is 11.5 Å². The fraction of sp³-hybridized carbons (Fsp3) is 0.172. The number of amidine groups is 1. The first-order chi connectivity index (χ1) is 17.1. The number of aryl methyl sites for hydroxylation is 1. The van der Waals surface area contributed by atoms with Crippen LogP contribution in [0.25, 0.3) is 6.08 Å². The Kier molecular flexibility index (Phi) is 6.10. The maximum Gasteiger partial charge on any atom is 0.305 e. The quantitative estimate of drug-likeness (QED) is 0.408. The van der Waals surface area contributed by atoms with Gasteiger partial charge in [-0.25, -0.2) is 0 Å². The summed E-state index contributed by atoms with van der Waals surface area (Å²) in [7, 11) is 0. The van der Waals surface area contributed by atoms with Crippen molar-refractivity contribution in [2.45, 2.75) is 20.8 Å². The first-order valence-electron chi connectivity index (χ1n) is 11.8. The number of nitrogens with zero attached hydrogens (tertiary/aromatic N) is 3. The van der Waals surface area contributed by atoms with Gasteiger partial charge in [-0.15, -0.1) is 0 Å². The van der Waals surface area contributed by atoms with E-state index in [4.69, 9.17) is 9.47 Å². The topological polar surface area (TPSA) is 54.4 Å². The lowest BCUT2D eigenvalue weighted by Gasteiger charge is -2.29. The molecule has 0 N–H and O–H groups in total. The van der Waals surface area contributed by atoms with Gasteiger partial charge in [0, 0.05) is 18.8 Å². The molecule has 0 unspecified atom stereocenters. The largest absolute Gasteiger partial charge is 0.457 e. The second-order valence-electron chi connectivity index (χ2n) is 8.31. The van der Waals surface area contributed by atoms with Crippen molar-refractivity contribution in [1.29, 1.82) is 0 Å². The van der Waals surface area contributed by atoms with Crippen LogP contribution in [-0.2, 0) is 9.53 Å². The van der Waals surface area contributed by atoms with Crippen LogP contribution in [0.5, 0.6) is 11.5 Å². The molecule has 0 radical (unpaired) electrons. The van der Waals surface area contributed by atoms with Crippen LogP contribution < -0.4 is 9.64 Å². The first-order valence-corrected chi connectivity index (χ1v) is 11.8. The maximum atomic E-state index is 13.3. The number of ether oxygens (including phenoxy) is 2. The van der Waals surface area contributed by atoms with E-state index in [1.165, 1.54) is 5.56 Å². The van der Waals surface area contributed by atoms with Crippen LogP contribution in [0.4, 0.5) is 11.4 Å². The van der Waals surface area contributed by atoms with E-state index in [1.807, 2.05) is 73.7 Å². The smallest absolute Gasteiger partial charge is 0.305 e. The molecule has 1 fully saturated rings. The molecule has 2 heterocycles. The number of benzene rings is 3. The summed E-state index contributed by atoms with van der Waals surface area (Å²) in [6.45, 7) is 7.21. The van der Waals surface area contributed by atoms with Gasteiger partial charge in [0.15, 0.2) is 0 Å². The summed E-state index contributed by atoms with van der Waals surface area (Å²) in [5.74, 6) is 1.57. The van der Waals surface area contributed by atoms with Gasteiger partial charge in [-0.3, -0.25) is 9.69 Å². The highest BCUT2D eigenvalue weighted by molar-refractivity contribution is 6.10. The van der Waals surface area contributed by atoms with Gasteiger partial charge >= 0.3 is 6.02 Å². The highest BCUT2D eigenvalue weighted by Gasteiger charge is 2.38. The number of hydrogen-bond acceptors (Lipinski definition) is 5. The molecule has 3 aromatic rings. The molecule has 0 aliphatic carbocycles. The molecule has 35 heavy (non-hydrogen) atoms. The molecule has 3 aromatic carbocycles. The zero-order valence-electron chi connectivity index (χ0n) is 20.1. The van der Waals surface area contributed by atoms with Gasteiger partial charge in [0.2, 0.25) is 5.76 Å². The van der Waals surface area contributed by atoms with Crippen LogP contribution in [0.3, 0.4) is 0 Å². The molecular weight excluding hydrogens is 438 g/mol. The van der Waals surface area contributed by atoms with E-state index in [0.717, 1.165) is 22.7 Å². The molecule has 2 aliphatic rings. The number of rotatable bonds is 5. The minimum Gasteiger partial charge on any atom is -0.457 e. The van der Waals surface area contributed by atoms with Crippen molar-refractivity contribution in [1.82, 2.24) is 4.90 Å². The fourth-order valence-electron chi connectivity index (χ4n) is 4.23. The average molecular weight is 466 g/mol. The van der Waals surface area contributed by atoms with E-state index in [0.29, 0.717) is 30.3 Å². The number of hydrogen-bond donors (Lipinski definition) is 0. The number of allylic oxidation sites excluding steroid dienone is 1. The Bertz CT molecular complexity index is 1340. The number of fused-ring (bicyclic) bond motifs is 1. The Morgan fingerprint density at radius 2 is 1.57 bits per heavy atom. The van der Waals surface area contributed by atoms with Crippen molar-refractivity contribution in [3.63, 3.8) is 0 Å². The minimum absolute atomic E-state index is 0.191. The molecule has 0 bridgehead atoms. The van der Waals surface area contributed by atoms with E-state index in [2.05, 4.69) is 41.9 Å². The average Bonchev–Trinajstić information content (AvgIpc) is 3.19. The summed E-state index contributed by atoms with van der Waals surface area (Å²) in [6.07, 6.45) is 3.98. The van der Waals surface area contributed by atoms with Gasteiger partial charge in [-0.1, -0.05) is 35.9 Å². The van der Waals surface area contributed by atoms with E-state index in [-0.39, 0.29) is 11.9 Å². The normalized spacial score (nSPS) is 18.1. The van der Waals surface area contributed by atoms with Crippen LogP contribution in [0, 0.1) is 6.92 Å². The lowest BCUT2D eigenvalue weighted by Crippen LogP contribution is -2.30. The Labute approximate surface area is 205 Å². The number of likely N-dealkylation sites (N-methyl/N-ethyl adjacent to an activating group) is 2. The monoisotopic (exact) mass is 465 g/mol. The molecular formula is C29H27N3O3. The second kappa shape index (κ2) is 9.50. The number of amides is 1. The third-order valence-corrected chi connectivity index (χ3v) is 5.95. The Balaban J connectivity index is 1.43. The zero-order chi connectivity index (χ0) is 24.4. The predicted octanol–water partition coefficient (Wildman–Crippen LogP) is 6.42. The summed E-state index contributed by atoms with van der Waals surface area (Å²) in [5.41, 5.74) is 4.79. The van der Waals surface area contributed by atoms with E-state index in [1.54, 1.807) is 4.90 Å². The number of carbonyl (C=O) groups excluding carboxylic acids is 1. The molecule has 2 aliphatic heterocycles. The van der Waals surface area contributed by atoms with E-state index < -0.39 is 0 Å². The third kappa shape index (κ3) is 4.43. The molecule has 6 heteroatoms. The van der Waals surface area contributed by atoms with Crippen LogP contribution in [0.2, 0.25) is 0 Å². The van der Waals surface area contributed by atoms with Crippen molar-refractivity contribution in [2.75, 3.05) is 18.0 Å². The van der Waals surface area contributed by atoms with Crippen LogP contribution in [0.1, 0.15) is 25.0 Å². The molecule has 0 atom stereocenters. The standard InChI is InChI=1S/C29H27N3O3/c1-4-31-25-17-11-20(3)19-21(25)12-18-26(31)27-28(33)32(5-2)29(35-27)30-22-13-15-24(16-14-22)34-23-9-7-6-8-10-23/h6-19H,4-5H2,1-3H3/b27-26+,30-29?. The van der Waals surface area contributed by atoms with Crippen molar-refractivity contribution >= 4 is 29.4 Å². The highest BCUT2D eigenvalue weighted by Crippen LogP contribution is 2.35. The lowest BCUT2D eigenvalue weighted by molar-refractivity contribution is -0.122. The Morgan fingerprint density at radius 1 is 0.857 bits per heavy atom. The second-order valence-corrected chi connectivity index (χ2v) is 8.31. The predicted molar refractivity (Wildman–Crippen MR) is 139 cm³/mol. The van der Waals surface area contributed by atoms with Gasteiger partial charge in [0.05, 0.1) is 11.4 Å². The first kappa shape index (κ1) is 22.5. The maximum absolute atomic E-state index is 13.3. The minimum atomic E-state index is -0.191. The van der Waals surface area contributed by atoms with Crippen molar-refractivity contribution in [3.8, 4) is 11.5 Å². The van der Waals surface area contributed by atoms with Gasteiger partial charge in [-0.05, 0) is 80.9 Å². The number of para-hydroxylation sites is 1. The molecule has 6 nitrogen and oxygen atoms in total. The number of carbonyl (C=O) groups is 1. The van der Waals surface area contributed by atoms with Crippen molar-refractivity contribution in [3.05, 3.63) is 101 Å². The van der Waals surface area contributed by atoms with Crippen LogP contribution in [-0.4, -0.2) is 29.9 Å². The molecule has 5 rings (SSSR count).